The van der Waals surface area contributed by atoms with Gasteiger partial charge in [-0.05, 0) is 25.5 Å². The number of fused-ring (bicyclic) bond motifs is 1. The summed E-state index contributed by atoms with van der Waals surface area (Å²) in [7, 11) is 1.51. The predicted molar refractivity (Wildman–Crippen MR) is 129 cm³/mol. The first-order chi connectivity index (χ1) is 16.8. The van der Waals surface area contributed by atoms with Gasteiger partial charge in [0.15, 0.2) is 0 Å². The van der Waals surface area contributed by atoms with Gasteiger partial charge in [0.05, 0.1) is 31.2 Å². The average Bonchev–Trinajstić information content (AvgIpc) is 3.53. The molecule has 0 aliphatic carbocycles. The molecule has 0 unspecified atom stereocenters. The molecule has 4 aromatic rings. The molecule has 1 fully saturated rings. The van der Waals surface area contributed by atoms with Crippen molar-refractivity contribution in [3.63, 3.8) is 0 Å². The minimum absolute atomic E-state index is 0.238. The second kappa shape index (κ2) is 9.21. The third kappa shape index (κ3) is 4.55. The van der Waals surface area contributed by atoms with Crippen LogP contribution in [0.15, 0.2) is 30.7 Å². The van der Waals surface area contributed by atoms with E-state index < -0.39 is 12.0 Å². The molecule has 1 saturated heterocycles. The summed E-state index contributed by atoms with van der Waals surface area (Å²) in [6.07, 6.45) is 4.53. The molecule has 0 aromatic carbocycles. The molecular formula is C22H20ClN7O4S. The summed E-state index contributed by atoms with van der Waals surface area (Å²) in [5, 5.41) is 17.3. The van der Waals surface area contributed by atoms with E-state index in [2.05, 4.69) is 25.4 Å². The van der Waals surface area contributed by atoms with Crippen molar-refractivity contribution in [3.05, 3.63) is 52.8 Å². The molecule has 4 aromatic heterocycles. The van der Waals surface area contributed by atoms with Gasteiger partial charge in [0.25, 0.3) is 11.8 Å². The van der Waals surface area contributed by atoms with Crippen molar-refractivity contribution in [1.29, 1.82) is 0 Å². The SMILES string of the molecule is COc1cnc(Cl)cc1-c1cc(C)ncc1C(=O)Nc1nn2cc(C(=O)N3CC[C@@H](O)C3)nc2s1. The van der Waals surface area contributed by atoms with Gasteiger partial charge in [-0.2, -0.15) is 0 Å². The first-order valence-electron chi connectivity index (χ1n) is 10.6. The van der Waals surface area contributed by atoms with E-state index >= 15 is 0 Å². The van der Waals surface area contributed by atoms with Crippen LogP contribution in [0.25, 0.3) is 16.1 Å². The van der Waals surface area contributed by atoms with Crippen LogP contribution in [0, 0.1) is 6.92 Å². The summed E-state index contributed by atoms with van der Waals surface area (Å²) in [6, 6.07) is 3.40. The van der Waals surface area contributed by atoms with Gasteiger partial charge in [-0.1, -0.05) is 22.9 Å². The molecule has 2 N–H and O–H groups in total. The standard InChI is InChI=1S/C22H20ClN7O4S/c1-11-5-13(14-6-18(23)25-8-17(14)34-2)15(7-24-11)19(32)27-21-28-30-10-16(26-22(30)35-21)20(33)29-4-3-12(31)9-29/h5-8,10,12,31H,3-4,9H2,1-2H3,(H,27,28,32)/t12-/m1/s1. The van der Waals surface area contributed by atoms with E-state index in [4.69, 9.17) is 16.3 Å². The zero-order chi connectivity index (χ0) is 24.7. The third-order valence-electron chi connectivity index (χ3n) is 5.56. The highest BCUT2D eigenvalue weighted by Crippen LogP contribution is 2.34. The Kier molecular flexibility index (Phi) is 6.09. The van der Waals surface area contributed by atoms with E-state index in [1.165, 1.54) is 30.2 Å². The van der Waals surface area contributed by atoms with Gasteiger partial charge in [-0.25, -0.2) is 14.5 Å². The summed E-state index contributed by atoms with van der Waals surface area (Å²) >= 11 is 7.23. The van der Waals surface area contributed by atoms with Gasteiger partial charge in [0.1, 0.15) is 16.6 Å². The van der Waals surface area contributed by atoms with Crippen molar-refractivity contribution in [3.8, 4) is 16.9 Å². The van der Waals surface area contributed by atoms with Gasteiger partial charge in [-0.15, -0.1) is 5.10 Å². The maximum atomic E-state index is 13.2. The number of methoxy groups -OCH3 is 1. The summed E-state index contributed by atoms with van der Waals surface area (Å²) in [5.41, 5.74) is 2.43. The quantitative estimate of drug-likeness (QED) is 0.389. The summed E-state index contributed by atoms with van der Waals surface area (Å²) in [6.45, 7) is 2.59. The number of likely N-dealkylation sites (tertiary alicyclic amines) is 1. The molecule has 35 heavy (non-hydrogen) atoms. The normalized spacial score (nSPS) is 15.5. The maximum Gasteiger partial charge on any atom is 0.274 e. The Balaban J connectivity index is 1.40. The molecule has 1 aliphatic rings. The number of nitrogens with one attached hydrogen (secondary N) is 1. The van der Waals surface area contributed by atoms with Crippen LogP contribution in [-0.2, 0) is 0 Å². The molecule has 0 radical (unpaired) electrons. The number of nitrogens with zero attached hydrogens (tertiary/aromatic N) is 6. The number of rotatable bonds is 5. The van der Waals surface area contributed by atoms with Crippen LogP contribution in [0.3, 0.4) is 0 Å². The van der Waals surface area contributed by atoms with E-state index in [0.717, 1.165) is 11.3 Å². The summed E-state index contributed by atoms with van der Waals surface area (Å²) in [4.78, 5) is 40.4. The monoisotopic (exact) mass is 513 g/mol. The highest BCUT2D eigenvalue weighted by molar-refractivity contribution is 7.20. The molecule has 5 heterocycles. The lowest BCUT2D eigenvalue weighted by Gasteiger charge is -2.13. The molecule has 13 heteroatoms. The van der Waals surface area contributed by atoms with E-state index in [1.807, 2.05) is 6.92 Å². The first kappa shape index (κ1) is 23.1. The van der Waals surface area contributed by atoms with Crippen LogP contribution in [0.1, 0.15) is 33.0 Å². The lowest BCUT2D eigenvalue weighted by molar-refractivity contribution is 0.0759. The van der Waals surface area contributed by atoms with Crippen LogP contribution in [0.5, 0.6) is 5.75 Å². The smallest absolute Gasteiger partial charge is 0.274 e. The number of hydrogen-bond acceptors (Lipinski definition) is 9. The molecule has 5 rings (SSSR count). The molecule has 0 saturated carbocycles. The van der Waals surface area contributed by atoms with Crippen molar-refractivity contribution in [1.82, 2.24) is 29.5 Å². The zero-order valence-corrected chi connectivity index (χ0v) is 20.3. The van der Waals surface area contributed by atoms with Crippen LogP contribution in [-0.4, -0.2) is 72.7 Å². The van der Waals surface area contributed by atoms with Crippen LogP contribution in [0.2, 0.25) is 5.15 Å². The van der Waals surface area contributed by atoms with E-state index in [9.17, 15) is 14.7 Å². The number of aromatic nitrogens is 5. The number of amides is 2. The van der Waals surface area contributed by atoms with Gasteiger partial charge in [-0.3, -0.25) is 19.9 Å². The number of hydrogen-bond donors (Lipinski definition) is 2. The Labute approximate surface area is 208 Å². The van der Waals surface area contributed by atoms with Crippen LogP contribution in [0.4, 0.5) is 5.13 Å². The van der Waals surface area contributed by atoms with Gasteiger partial charge < -0.3 is 14.7 Å². The average molecular weight is 514 g/mol. The van der Waals surface area contributed by atoms with Gasteiger partial charge in [0, 0.05) is 36.1 Å². The molecule has 180 valence electrons. The highest BCUT2D eigenvalue weighted by Gasteiger charge is 2.27. The highest BCUT2D eigenvalue weighted by atomic mass is 35.5. The Morgan fingerprint density at radius 3 is 2.80 bits per heavy atom. The Morgan fingerprint density at radius 2 is 2.09 bits per heavy atom. The van der Waals surface area contributed by atoms with Crippen molar-refractivity contribution >= 4 is 44.8 Å². The second-order valence-electron chi connectivity index (χ2n) is 7.99. The first-order valence-corrected chi connectivity index (χ1v) is 11.8. The van der Waals surface area contributed by atoms with Gasteiger partial charge >= 0.3 is 0 Å². The number of anilines is 1. The van der Waals surface area contributed by atoms with Crippen LogP contribution < -0.4 is 10.1 Å². The topological polar surface area (TPSA) is 135 Å². The van der Waals surface area contributed by atoms with E-state index in [1.54, 1.807) is 17.0 Å². The third-order valence-corrected chi connectivity index (χ3v) is 6.61. The number of carbonyl (C=O) groups excluding carboxylic acids is 2. The maximum absolute atomic E-state index is 13.2. The lowest BCUT2D eigenvalue weighted by Crippen LogP contribution is -2.29. The largest absolute Gasteiger partial charge is 0.494 e. The molecule has 2 amide bonds. The lowest BCUT2D eigenvalue weighted by atomic mass is 10.0. The fraction of sp³-hybridized carbons (Fsp3) is 0.273. The molecule has 1 aliphatic heterocycles. The molecule has 0 spiro atoms. The Hall–Kier alpha value is -3.61. The summed E-state index contributed by atoms with van der Waals surface area (Å²) < 4.78 is 6.85. The number of pyridine rings is 2. The molecule has 0 bridgehead atoms. The van der Waals surface area contributed by atoms with Crippen LogP contribution >= 0.6 is 22.9 Å². The van der Waals surface area contributed by atoms with E-state index in [-0.39, 0.29) is 16.8 Å². The van der Waals surface area contributed by atoms with Crippen molar-refractivity contribution < 1.29 is 19.4 Å². The van der Waals surface area contributed by atoms with Crippen molar-refractivity contribution in [2.24, 2.45) is 0 Å². The minimum Gasteiger partial charge on any atom is -0.494 e. The molecule has 1 atom stereocenters. The van der Waals surface area contributed by atoms with Crippen molar-refractivity contribution in [2.75, 3.05) is 25.5 Å². The number of aliphatic hydroxyl groups is 1. The molecular weight excluding hydrogens is 494 g/mol. The number of imidazole rings is 1. The number of aliphatic hydroxyl groups excluding tert-OH is 1. The fourth-order valence-corrected chi connectivity index (χ4v) is 4.79. The Morgan fingerprint density at radius 1 is 1.26 bits per heavy atom. The van der Waals surface area contributed by atoms with E-state index in [0.29, 0.717) is 57.7 Å². The second-order valence-corrected chi connectivity index (χ2v) is 9.33. The van der Waals surface area contributed by atoms with Crippen molar-refractivity contribution in [2.45, 2.75) is 19.4 Å². The Bertz CT molecular complexity index is 1420. The molecule has 11 nitrogen and oxygen atoms in total. The number of ether oxygens (including phenoxy) is 1. The number of aryl methyl sites for hydroxylation is 1. The fourth-order valence-electron chi connectivity index (χ4n) is 3.86. The number of β-amino-alcohol motifs (C(OH)–C–C–N with tert-alkyl or cyclic N) is 1. The number of carbonyl (C=O) groups is 2. The zero-order valence-electron chi connectivity index (χ0n) is 18.7. The minimum atomic E-state index is -0.507. The number of halogens is 1. The summed E-state index contributed by atoms with van der Waals surface area (Å²) in [5.74, 6) is -0.225. The van der Waals surface area contributed by atoms with Gasteiger partial charge in [0.2, 0.25) is 10.1 Å². The predicted octanol–water partition coefficient (Wildman–Crippen LogP) is 2.68.